The van der Waals surface area contributed by atoms with Crippen molar-refractivity contribution < 1.29 is 14.0 Å². The van der Waals surface area contributed by atoms with Crippen molar-refractivity contribution >= 4 is 34.9 Å². The van der Waals surface area contributed by atoms with E-state index in [1.54, 1.807) is 24.3 Å². The highest BCUT2D eigenvalue weighted by Gasteiger charge is 2.38. The van der Waals surface area contributed by atoms with Crippen LogP contribution < -0.4 is 9.80 Å². The maximum atomic E-state index is 13.3. The van der Waals surface area contributed by atoms with E-state index in [1.165, 1.54) is 23.1 Å². The minimum absolute atomic E-state index is 0.0863. The zero-order valence-electron chi connectivity index (χ0n) is 10.8. The summed E-state index contributed by atoms with van der Waals surface area (Å²) in [6.07, 6.45) is 0. The lowest BCUT2D eigenvalue weighted by Gasteiger charge is -2.17. The Morgan fingerprint density at radius 2 is 1.71 bits per heavy atom. The Bertz CT molecular complexity index is 718. The van der Waals surface area contributed by atoms with E-state index in [0.717, 1.165) is 11.0 Å². The molecule has 1 aliphatic rings. The van der Waals surface area contributed by atoms with E-state index >= 15 is 0 Å². The Hall–Kier alpha value is -2.40. The van der Waals surface area contributed by atoms with Gasteiger partial charge in [0, 0.05) is 10.7 Å². The number of anilines is 2. The molecule has 0 N–H and O–H groups in total. The average molecular weight is 305 g/mol. The molecule has 2 aromatic carbocycles. The van der Waals surface area contributed by atoms with E-state index < -0.39 is 17.8 Å². The van der Waals surface area contributed by atoms with Crippen molar-refractivity contribution in [1.29, 1.82) is 0 Å². The lowest BCUT2D eigenvalue weighted by atomic mass is 10.3. The van der Waals surface area contributed by atoms with Gasteiger partial charge in [-0.3, -0.25) is 9.69 Å². The molecule has 3 amide bonds. The van der Waals surface area contributed by atoms with E-state index in [4.69, 9.17) is 11.6 Å². The number of rotatable bonds is 2. The van der Waals surface area contributed by atoms with Crippen LogP contribution in [0.15, 0.2) is 48.5 Å². The summed E-state index contributed by atoms with van der Waals surface area (Å²) in [5.74, 6) is -0.904. The molecule has 1 fully saturated rings. The number of nitrogens with zero attached hydrogens (tertiary/aromatic N) is 2. The summed E-state index contributed by atoms with van der Waals surface area (Å²) < 4.78 is 13.3. The lowest BCUT2D eigenvalue weighted by molar-refractivity contribution is -0.115. The van der Waals surface area contributed by atoms with Crippen molar-refractivity contribution in [3.05, 3.63) is 59.4 Å². The molecule has 0 saturated carbocycles. The first-order valence-corrected chi connectivity index (χ1v) is 6.59. The number of benzene rings is 2. The molecule has 0 bridgehead atoms. The van der Waals surface area contributed by atoms with Gasteiger partial charge < -0.3 is 0 Å². The number of urea groups is 1. The van der Waals surface area contributed by atoms with E-state index in [-0.39, 0.29) is 12.2 Å². The standard InChI is InChI=1S/C15H10ClFN2O2/c16-10-4-6-12(7-5-10)18-9-14(20)19(15(18)21)13-3-1-2-11(17)8-13/h1-8H,9H2. The Morgan fingerprint density at radius 1 is 1.00 bits per heavy atom. The number of hydrogen-bond acceptors (Lipinski definition) is 2. The summed E-state index contributed by atoms with van der Waals surface area (Å²) in [5, 5.41) is 0.540. The lowest BCUT2D eigenvalue weighted by Crippen LogP contribution is -2.33. The molecule has 0 unspecified atom stereocenters. The van der Waals surface area contributed by atoms with Gasteiger partial charge in [-0.1, -0.05) is 17.7 Å². The van der Waals surface area contributed by atoms with Crippen LogP contribution >= 0.6 is 11.6 Å². The summed E-state index contributed by atoms with van der Waals surface area (Å²) in [7, 11) is 0. The summed E-state index contributed by atoms with van der Waals surface area (Å²) in [5.41, 5.74) is 0.790. The maximum Gasteiger partial charge on any atom is 0.336 e. The molecule has 0 aliphatic carbocycles. The molecule has 4 nitrogen and oxygen atoms in total. The van der Waals surface area contributed by atoms with Crippen LogP contribution in [-0.4, -0.2) is 18.5 Å². The topological polar surface area (TPSA) is 40.6 Å². The molecule has 2 aromatic rings. The molecule has 3 rings (SSSR count). The van der Waals surface area contributed by atoms with Crippen LogP contribution in [0.1, 0.15) is 0 Å². The SMILES string of the molecule is O=C1CN(c2ccc(Cl)cc2)C(=O)N1c1cccc(F)c1. The van der Waals surface area contributed by atoms with Crippen molar-refractivity contribution in [3.63, 3.8) is 0 Å². The molecule has 0 radical (unpaired) electrons. The molecule has 0 atom stereocenters. The molecule has 1 heterocycles. The summed E-state index contributed by atoms with van der Waals surface area (Å²) >= 11 is 5.80. The van der Waals surface area contributed by atoms with Gasteiger partial charge in [0.2, 0.25) is 0 Å². The summed E-state index contributed by atoms with van der Waals surface area (Å²) in [4.78, 5) is 26.7. The normalized spacial score (nSPS) is 15.0. The van der Waals surface area contributed by atoms with Gasteiger partial charge >= 0.3 is 6.03 Å². The van der Waals surface area contributed by atoms with Crippen molar-refractivity contribution in [1.82, 2.24) is 0 Å². The van der Waals surface area contributed by atoms with Gasteiger partial charge in [-0.25, -0.2) is 14.1 Å². The van der Waals surface area contributed by atoms with Crippen molar-refractivity contribution in [2.45, 2.75) is 0 Å². The third-order valence-corrected chi connectivity index (χ3v) is 3.42. The molecule has 6 heteroatoms. The number of hydrogen-bond donors (Lipinski definition) is 0. The number of halogens is 2. The maximum absolute atomic E-state index is 13.3. The predicted molar refractivity (Wildman–Crippen MR) is 78.1 cm³/mol. The minimum Gasteiger partial charge on any atom is -0.284 e. The highest BCUT2D eigenvalue weighted by atomic mass is 35.5. The zero-order valence-corrected chi connectivity index (χ0v) is 11.5. The van der Waals surface area contributed by atoms with Gasteiger partial charge in [-0.05, 0) is 42.5 Å². The Labute approximate surface area is 125 Å². The number of imide groups is 1. The molecular formula is C15H10ClFN2O2. The second-order valence-corrected chi connectivity index (χ2v) is 4.99. The second kappa shape index (κ2) is 5.18. The second-order valence-electron chi connectivity index (χ2n) is 4.55. The van der Waals surface area contributed by atoms with E-state index in [9.17, 15) is 14.0 Å². The largest absolute Gasteiger partial charge is 0.336 e. The fourth-order valence-electron chi connectivity index (χ4n) is 2.19. The average Bonchev–Trinajstić information content (AvgIpc) is 2.75. The monoisotopic (exact) mass is 304 g/mol. The van der Waals surface area contributed by atoms with Gasteiger partial charge in [0.25, 0.3) is 5.91 Å². The number of carbonyl (C=O) groups excluding carboxylic acids is 2. The smallest absolute Gasteiger partial charge is 0.284 e. The highest BCUT2D eigenvalue weighted by Crippen LogP contribution is 2.27. The zero-order chi connectivity index (χ0) is 15.0. The van der Waals surface area contributed by atoms with Gasteiger partial charge in [0.15, 0.2) is 0 Å². The van der Waals surface area contributed by atoms with Gasteiger partial charge in [-0.15, -0.1) is 0 Å². The Morgan fingerprint density at radius 3 is 2.38 bits per heavy atom. The fraction of sp³-hybridized carbons (Fsp3) is 0.0667. The van der Waals surface area contributed by atoms with Crippen LogP contribution in [0, 0.1) is 5.82 Å². The van der Waals surface area contributed by atoms with Crippen molar-refractivity contribution in [2.24, 2.45) is 0 Å². The summed E-state index contributed by atoms with van der Waals surface area (Å²) in [6, 6.07) is 11.5. The Balaban J connectivity index is 1.94. The molecule has 106 valence electrons. The number of amides is 3. The third-order valence-electron chi connectivity index (χ3n) is 3.17. The van der Waals surface area contributed by atoms with Crippen LogP contribution in [0.4, 0.5) is 20.6 Å². The van der Waals surface area contributed by atoms with Crippen LogP contribution in [0.3, 0.4) is 0 Å². The Kier molecular flexibility index (Phi) is 3.35. The third kappa shape index (κ3) is 2.48. The van der Waals surface area contributed by atoms with Crippen LogP contribution in [-0.2, 0) is 4.79 Å². The molecule has 0 aromatic heterocycles. The van der Waals surface area contributed by atoms with E-state index in [1.807, 2.05) is 0 Å². The van der Waals surface area contributed by atoms with Gasteiger partial charge in [0.1, 0.15) is 12.4 Å². The predicted octanol–water partition coefficient (Wildman–Crippen LogP) is 3.45. The number of carbonyl (C=O) groups is 2. The quantitative estimate of drug-likeness (QED) is 0.797. The molecule has 21 heavy (non-hydrogen) atoms. The molecule has 0 spiro atoms. The first-order chi connectivity index (χ1) is 10.1. The van der Waals surface area contributed by atoms with Gasteiger partial charge in [-0.2, -0.15) is 0 Å². The van der Waals surface area contributed by atoms with Crippen molar-refractivity contribution in [3.8, 4) is 0 Å². The summed E-state index contributed by atoms with van der Waals surface area (Å²) in [6.45, 7) is -0.0863. The van der Waals surface area contributed by atoms with Crippen LogP contribution in [0.5, 0.6) is 0 Å². The molecular weight excluding hydrogens is 295 g/mol. The first-order valence-electron chi connectivity index (χ1n) is 6.22. The van der Waals surface area contributed by atoms with E-state index in [2.05, 4.69) is 0 Å². The highest BCUT2D eigenvalue weighted by molar-refractivity contribution is 6.31. The van der Waals surface area contributed by atoms with Gasteiger partial charge in [0.05, 0.1) is 5.69 Å². The molecule has 1 aliphatic heterocycles. The van der Waals surface area contributed by atoms with Crippen molar-refractivity contribution in [2.75, 3.05) is 16.3 Å². The minimum atomic E-state index is -0.507. The first kappa shape index (κ1) is 13.6. The van der Waals surface area contributed by atoms with E-state index in [0.29, 0.717) is 10.7 Å². The van der Waals surface area contributed by atoms with Crippen LogP contribution in [0.25, 0.3) is 0 Å². The fourth-order valence-corrected chi connectivity index (χ4v) is 2.32. The van der Waals surface area contributed by atoms with Crippen LogP contribution in [0.2, 0.25) is 5.02 Å². The molecule has 1 saturated heterocycles.